The average Bonchev–Trinajstić information content (AvgIpc) is 3.38. The molecule has 0 unspecified atom stereocenters. The molecule has 0 spiro atoms. The van der Waals surface area contributed by atoms with Crippen molar-refractivity contribution < 1.29 is 19.2 Å². The maximum absolute atomic E-state index is 12.3. The lowest BCUT2D eigenvalue weighted by Crippen LogP contribution is -2.21. The number of amides is 1. The van der Waals surface area contributed by atoms with Crippen LogP contribution in [0.25, 0.3) is 0 Å². The smallest absolute Gasteiger partial charge is 0.340 e. The number of hydrogen-bond donors (Lipinski definition) is 1. The highest BCUT2D eigenvalue weighted by Gasteiger charge is 2.28. The topological polar surface area (TPSA) is 103 Å². The van der Waals surface area contributed by atoms with Crippen LogP contribution < -0.4 is 5.32 Å². The number of esters is 1. The van der Waals surface area contributed by atoms with Crippen LogP contribution in [0.4, 0.5) is 11.4 Å². The Kier molecular flexibility index (Phi) is 4.75. The van der Waals surface area contributed by atoms with Crippen LogP contribution in [0.5, 0.6) is 0 Å². The number of aryl methyl sites for hydroxylation is 1. The van der Waals surface area contributed by atoms with Gasteiger partial charge in [-0.15, -0.1) is 0 Å². The van der Waals surface area contributed by atoms with Crippen LogP contribution in [0.2, 0.25) is 0 Å². The minimum Gasteiger partial charge on any atom is -0.452 e. The molecule has 0 bridgehead atoms. The van der Waals surface area contributed by atoms with Crippen molar-refractivity contribution in [2.45, 2.75) is 32.7 Å². The summed E-state index contributed by atoms with van der Waals surface area (Å²) < 4.78 is 7.23. The van der Waals surface area contributed by atoms with Gasteiger partial charge in [0, 0.05) is 35.2 Å². The summed E-state index contributed by atoms with van der Waals surface area (Å²) in [7, 11) is 0. The molecule has 0 saturated heterocycles. The van der Waals surface area contributed by atoms with E-state index in [1.165, 1.54) is 24.3 Å². The number of ether oxygens (including phenoxy) is 1. The number of rotatable bonds is 6. The van der Waals surface area contributed by atoms with Crippen LogP contribution in [0, 0.1) is 24.0 Å². The summed E-state index contributed by atoms with van der Waals surface area (Å²) in [5.74, 6) is -1.05. The fourth-order valence-electron chi connectivity index (χ4n) is 2.95. The number of anilines is 1. The third kappa shape index (κ3) is 3.74. The van der Waals surface area contributed by atoms with Crippen LogP contribution in [0.1, 0.15) is 40.6 Å². The second-order valence-electron chi connectivity index (χ2n) is 6.31. The molecular formula is C18H19N3O5. The lowest BCUT2D eigenvalue weighted by Gasteiger charge is -2.08. The van der Waals surface area contributed by atoms with Crippen molar-refractivity contribution in [3.63, 3.8) is 0 Å². The Balaban J connectivity index is 1.56. The SMILES string of the molecule is Cc1cc(C(=O)OCC(=O)Nc2ccc([N+](=O)[O-])cc2)c(C)n1C1CC1. The Labute approximate surface area is 149 Å². The first-order chi connectivity index (χ1) is 12.4. The molecule has 1 aliphatic rings. The molecule has 1 aliphatic carbocycles. The number of nitro benzene ring substituents is 1. The van der Waals surface area contributed by atoms with Crippen molar-refractivity contribution in [3.05, 3.63) is 57.4 Å². The highest BCUT2D eigenvalue weighted by molar-refractivity contribution is 5.96. The van der Waals surface area contributed by atoms with Gasteiger partial charge in [-0.25, -0.2) is 4.79 Å². The van der Waals surface area contributed by atoms with Gasteiger partial charge in [-0.1, -0.05) is 0 Å². The molecule has 26 heavy (non-hydrogen) atoms. The second kappa shape index (κ2) is 6.99. The normalized spacial score (nSPS) is 13.3. The van der Waals surface area contributed by atoms with E-state index < -0.39 is 23.4 Å². The number of hydrogen-bond acceptors (Lipinski definition) is 5. The van der Waals surface area contributed by atoms with E-state index in [9.17, 15) is 19.7 Å². The highest BCUT2D eigenvalue weighted by atomic mass is 16.6. The van der Waals surface area contributed by atoms with E-state index in [1.807, 2.05) is 13.8 Å². The molecule has 1 N–H and O–H groups in total. The van der Waals surface area contributed by atoms with Gasteiger partial charge in [0.1, 0.15) is 0 Å². The summed E-state index contributed by atoms with van der Waals surface area (Å²) >= 11 is 0. The van der Waals surface area contributed by atoms with Gasteiger partial charge in [-0.2, -0.15) is 0 Å². The van der Waals surface area contributed by atoms with Crippen molar-refractivity contribution in [1.29, 1.82) is 0 Å². The predicted molar refractivity (Wildman–Crippen MR) is 94.2 cm³/mol. The molecule has 1 aromatic carbocycles. The van der Waals surface area contributed by atoms with Gasteiger partial charge in [-0.3, -0.25) is 14.9 Å². The average molecular weight is 357 g/mol. The number of aromatic nitrogens is 1. The predicted octanol–water partition coefficient (Wildman–Crippen LogP) is 3.14. The molecule has 0 aliphatic heterocycles. The van der Waals surface area contributed by atoms with Crippen molar-refractivity contribution in [3.8, 4) is 0 Å². The van der Waals surface area contributed by atoms with Gasteiger partial charge in [-0.05, 0) is 44.9 Å². The number of nitro groups is 1. The summed E-state index contributed by atoms with van der Waals surface area (Å²) in [5.41, 5.74) is 2.65. The first-order valence-electron chi connectivity index (χ1n) is 8.26. The van der Waals surface area contributed by atoms with Gasteiger partial charge < -0.3 is 14.6 Å². The van der Waals surface area contributed by atoms with Gasteiger partial charge >= 0.3 is 5.97 Å². The third-order valence-electron chi connectivity index (χ3n) is 4.31. The summed E-state index contributed by atoms with van der Waals surface area (Å²) in [4.78, 5) is 34.3. The van der Waals surface area contributed by atoms with E-state index in [-0.39, 0.29) is 5.69 Å². The minimum atomic E-state index is -0.538. The van der Waals surface area contributed by atoms with Gasteiger partial charge in [0.2, 0.25) is 0 Å². The maximum Gasteiger partial charge on any atom is 0.340 e. The zero-order chi connectivity index (χ0) is 18.8. The number of nitrogens with one attached hydrogen (secondary N) is 1. The Hall–Kier alpha value is -3.16. The van der Waals surface area contributed by atoms with Crippen LogP contribution in [-0.4, -0.2) is 28.0 Å². The number of benzene rings is 1. The second-order valence-corrected chi connectivity index (χ2v) is 6.31. The minimum absolute atomic E-state index is 0.0690. The molecule has 1 fully saturated rings. The number of non-ortho nitro benzene ring substituents is 1. The van der Waals surface area contributed by atoms with E-state index >= 15 is 0 Å². The van der Waals surface area contributed by atoms with Crippen molar-refractivity contribution in [2.75, 3.05) is 11.9 Å². The van der Waals surface area contributed by atoms with E-state index in [4.69, 9.17) is 4.74 Å². The zero-order valence-electron chi connectivity index (χ0n) is 14.5. The van der Waals surface area contributed by atoms with Crippen LogP contribution in [-0.2, 0) is 9.53 Å². The third-order valence-corrected chi connectivity index (χ3v) is 4.31. The molecule has 0 radical (unpaired) electrons. The van der Waals surface area contributed by atoms with Crippen molar-refractivity contribution in [2.24, 2.45) is 0 Å². The van der Waals surface area contributed by atoms with Gasteiger partial charge in [0.25, 0.3) is 11.6 Å². The zero-order valence-corrected chi connectivity index (χ0v) is 14.5. The molecule has 1 amide bonds. The molecule has 3 rings (SSSR count). The largest absolute Gasteiger partial charge is 0.452 e. The lowest BCUT2D eigenvalue weighted by molar-refractivity contribution is -0.384. The number of carbonyl (C=O) groups is 2. The summed E-state index contributed by atoms with van der Waals surface area (Å²) in [6.45, 7) is 3.39. The Bertz CT molecular complexity index is 866. The van der Waals surface area contributed by atoms with E-state index in [2.05, 4.69) is 9.88 Å². The molecule has 136 valence electrons. The Morgan fingerprint density at radius 1 is 1.27 bits per heavy atom. The molecule has 0 atom stereocenters. The van der Waals surface area contributed by atoms with Gasteiger partial charge in [0.05, 0.1) is 10.5 Å². The molecule has 8 nitrogen and oxygen atoms in total. The van der Waals surface area contributed by atoms with Crippen molar-refractivity contribution >= 4 is 23.3 Å². The molecule has 2 aromatic rings. The number of nitrogens with zero attached hydrogens (tertiary/aromatic N) is 2. The molecule has 1 saturated carbocycles. The summed E-state index contributed by atoms with van der Waals surface area (Å²) in [5, 5.41) is 13.1. The van der Waals surface area contributed by atoms with E-state index in [0.29, 0.717) is 17.3 Å². The van der Waals surface area contributed by atoms with Crippen molar-refractivity contribution in [1.82, 2.24) is 4.57 Å². The molecule has 8 heteroatoms. The highest BCUT2D eigenvalue weighted by Crippen LogP contribution is 2.38. The number of carbonyl (C=O) groups excluding carboxylic acids is 2. The lowest BCUT2D eigenvalue weighted by atomic mass is 10.2. The molecular weight excluding hydrogens is 338 g/mol. The standard InChI is InChI=1S/C18H19N3O5/c1-11-9-16(12(2)20(11)14-7-8-14)18(23)26-10-17(22)19-13-3-5-15(6-4-13)21(24)25/h3-6,9,14H,7-8,10H2,1-2H3,(H,19,22). The fraction of sp³-hybridized carbons (Fsp3) is 0.333. The van der Waals surface area contributed by atoms with Crippen LogP contribution >= 0.6 is 0 Å². The van der Waals surface area contributed by atoms with Crippen LogP contribution in [0.3, 0.4) is 0 Å². The van der Waals surface area contributed by atoms with Crippen LogP contribution in [0.15, 0.2) is 30.3 Å². The fourth-order valence-corrected chi connectivity index (χ4v) is 2.95. The Morgan fingerprint density at radius 2 is 1.92 bits per heavy atom. The molecule has 1 aromatic heterocycles. The first kappa shape index (κ1) is 17.7. The molecule has 1 heterocycles. The van der Waals surface area contributed by atoms with E-state index in [0.717, 1.165) is 24.2 Å². The summed E-state index contributed by atoms with van der Waals surface area (Å²) in [6, 6.07) is 7.65. The Morgan fingerprint density at radius 3 is 2.50 bits per heavy atom. The quantitative estimate of drug-likeness (QED) is 0.486. The first-order valence-corrected chi connectivity index (χ1v) is 8.26. The monoisotopic (exact) mass is 357 g/mol. The van der Waals surface area contributed by atoms with Gasteiger partial charge in [0.15, 0.2) is 6.61 Å². The van der Waals surface area contributed by atoms with E-state index in [1.54, 1.807) is 6.07 Å². The summed E-state index contributed by atoms with van der Waals surface area (Å²) in [6.07, 6.45) is 2.23. The maximum atomic E-state index is 12.3.